The van der Waals surface area contributed by atoms with Crippen molar-refractivity contribution in [2.24, 2.45) is 10.9 Å². The van der Waals surface area contributed by atoms with Crippen molar-refractivity contribution >= 4 is 5.84 Å². The van der Waals surface area contributed by atoms with E-state index in [0.29, 0.717) is 6.42 Å². The van der Waals surface area contributed by atoms with E-state index in [1.807, 2.05) is 6.92 Å². The number of hydrazone groups is 1. The summed E-state index contributed by atoms with van der Waals surface area (Å²) in [4.78, 5) is 9.49. The molecule has 5 heteroatoms. The van der Waals surface area contributed by atoms with Crippen LogP contribution in [0, 0.1) is 10.1 Å². The van der Waals surface area contributed by atoms with Crippen molar-refractivity contribution in [3.63, 3.8) is 0 Å². The average molecular weight is 145 g/mol. The van der Waals surface area contributed by atoms with Gasteiger partial charge in [-0.3, -0.25) is 0 Å². The Balaban J connectivity index is 3.74. The lowest BCUT2D eigenvalue weighted by molar-refractivity contribution is -0.353. The van der Waals surface area contributed by atoms with Gasteiger partial charge in [0.2, 0.25) is 0 Å². The van der Waals surface area contributed by atoms with Crippen LogP contribution >= 0.6 is 0 Å². The SMILES string of the molecule is CCCCC(=NN)[N+](=O)[O-]. The van der Waals surface area contributed by atoms with Crippen LogP contribution in [0.4, 0.5) is 0 Å². The zero-order valence-corrected chi connectivity index (χ0v) is 5.91. The van der Waals surface area contributed by atoms with Crippen molar-refractivity contribution in [2.45, 2.75) is 26.2 Å². The molecule has 5 nitrogen and oxygen atoms in total. The minimum Gasteiger partial charge on any atom is -0.358 e. The van der Waals surface area contributed by atoms with Crippen LogP contribution in [0.25, 0.3) is 0 Å². The summed E-state index contributed by atoms with van der Waals surface area (Å²) in [6.07, 6.45) is 2.03. The first kappa shape index (κ1) is 8.87. The second-order valence-electron chi connectivity index (χ2n) is 1.91. The van der Waals surface area contributed by atoms with Gasteiger partial charge in [-0.25, -0.2) is 5.84 Å². The van der Waals surface area contributed by atoms with Gasteiger partial charge in [0.15, 0.2) is 0 Å². The van der Waals surface area contributed by atoms with Gasteiger partial charge in [-0.15, -0.1) is 0 Å². The van der Waals surface area contributed by atoms with Crippen LogP contribution < -0.4 is 5.84 Å². The Labute approximate surface area is 59.1 Å². The predicted octanol–water partition coefficient (Wildman–Crippen LogP) is 0.726. The topological polar surface area (TPSA) is 81.5 Å². The Bertz CT molecular complexity index is 144. The molecule has 0 radical (unpaired) electrons. The number of nitro groups is 1. The molecule has 0 aliphatic heterocycles. The predicted molar refractivity (Wildman–Crippen MR) is 38.1 cm³/mol. The standard InChI is InChI=1S/C5H11N3O2/c1-2-3-4-5(7-6)8(9)10/h2-4,6H2,1H3. The highest BCUT2D eigenvalue weighted by Crippen LogP contribution is 1.96. The van der Waals surface area contributed by atoms with Gasteiger partial charge in [0.05, 0.1) is 6.42 Å². The van der Waals surface area contributed by atoms with Crippen molar-refractivity contribution in [3.05, 3.63) is 10.1 Å². The Morgan fingerprint density at radius 3 is 2.70 bits per heavy atom. The molecule has 0 unspecified atom stereocenters. The first-order chi connectivity index (χ1) is 4.72. The van der Waals surface area contributed by atoms with Crippen molar-refractivity contribution in [1.82, 2.24) is 0 Å². The maximum atomic E-state index is 10.0. The van der Waals surface area contributed by atoms with E-state index in [2.05, 4.69) is 5.10 Å². The fourth-order valence-corrected chi connectivity index (χ4v) is 0.538. The van der Waals surface area contributed by atoms with E-state index in [0.717, 1.165) is 12.8 Å². The molecule has 0 aliphatic rings. The molecule has 0 aliphatic carbocycles. The van der Waals surface area contributed by atoms with E-state index in [9.17, 15) is 10.1 Å². The number of nitrogens with two attached hydrogens (primary N) is 1. The van der Waals surface area contributed by atoms with Gasteiger partial charge < -0.3 is 10.1 Å². The number of hydrogen-bond acceptors (Lipinski definition) is 4. The molecule has 0 spiro atoms. The summed E-state index contributed by atoms with van der Waals surface area (Å²) in [5.41, 5.74) is 0. The second kappa shape index (κ2) is 4.72. The maximum absolute atomic E-state index is 10.0. The monoisotopic (exact) mass is 145 g/mol. The van der Waals surface area contributed by atoms with E-state index >= 15 is 0 Å². The number of hydrogen-bond donors (Lipinski definition) is 1. The zero-order valence-electron chi connectivity index (χ0n) is 5.91. The number of rotatable bonds is 3. The van der Waals surface area contributed by atoms with E-state index < -0.39 is 4.92 Å². The summed E-state index contributed by atoms with van der Waals surface area (Å²) in [6, 6.07) is 0. The fourth-order valence-electron chi connectivity index (χ4n) is 0.538. The number of unbranched alkanes of at least 4 members (excludes halogenated alkanes) is 1. The van der Waals surface area contributed by atoms with E-state index in [1.54, 1.807) is 0 Å². The lowest BCUT2D eigenvalue weighted by Crippen LogP contribution is -2.13. The molecule has 10 heavy (non-hydrogen) atoms. The van der Waals surface area contributed by atoms with Crippen LogP contribution in [0.1, 0.15) is 26.2 Å². The van der Waals surface area contributed by atoms with E-state index in [4.69, 9.17) is 5.84 Å². The minimum atomic E-state index is -0.546. The summed E-state index contributed by atoms with van der Waals surface area (Å²) in [5.74, 6) is 4.62. The lowest BCUT2D eigenvalue weighted by atomic mass is 10.2. The van der Waals surface area contributed by atoms with Gasteiger partial charge in [0, 0.05) is 5.10 Å². The van der Waals surface area contributed by atoms with Crippen LogP contribution in [0.2, 0.25) is 0 Å². The summed E-state index contributed by atoms with van der Waals surface area (Å²) < 4.78 is 0. The Kier molecular flexibility index (Phi) is 4.19. The van der Waals surface area contributed by atoms with Gasteiger partial charge in [-0.1, -0.05) is 13.3 Å². The second-order valence-corrected chi connectivity index (χ2v) is 1.91. The normalized spacial score (nSPS) is 11.5. The van der Waals surface area contributed by atoms with Gasteiger partial charge in [0.25, 0.3) is 0 Å². The first-order valence-electron chi connectivity index (χ1n) is 3.13. The average Bonchev–Trinajstić information content (AvgIpc) is 1.89. The highest BCUT2D eigenvalue weighted by molar-refractivity contribution is 5.73. The molecule has 0 aromatic heterocycles. The maximum Gasteiger partial charge on any atom is 0.363 e. The van der Waals surface area contributed by atoms with Gasteiger partial charge in [-0.05, 0) is 11.3 Å². The highest BCUT2D eigenvalue weighted by atomic mass is 16.6. The van der Waals surface area contributed by atoms with Crippen molar-refractivity contribution < 1.29 is 4.92 Å². The van der Waals surface area contributed by atoms with Crippen LogP contribution in [-0.4, -0.2) is 10.8 Å². The third kappa shape index (κ3) is 3.01. The van der Waals surface area contributed by atoms with Crippen LogP contribution in [0.3, 0.4) is 0 Å². The summed E-state index contributed by atoms with van der Waals surface area (Å²) in [6.45, 7) is 1.95. The molecular weight excluding hydrogens is 134 g/mol. The Morgan fingerprint density at radius 1 is 1.80 bits per heavy atom. The Morgan fingerprint density at radius 2 is 2.40 bits per heavy atom. The molecule has 0 fully saturated rings. The summed E-state index contributed by atoms with van der Waals surface area (Å²) >= 11 is 0. The van der Waals surface area contributed by atoms with Crippen LogP contribution in [0.15, 0.2) is 5.10 Å². The van der Waals surface area contributed by atoms with E-state index in [1.165, 1.54) is 0 Å². The molecule has 2 N–H and O–H groups in total. The zero-order chi connectivity index (χ0) is 7.98. The molecule has 0 rings (SSSR count). The lowest BCUT2D eigenvalue weighted by Gasteiger charge is -1.93. The van der Waals surface area contributed by atoms with E-state index in [-0.39, 0.29) is 5.84 Å². The van der Waals surface area contributed by atoms with Crippen LogP contribution in [0.5, 0.6) is 0 Å². The molecule has 0 heterocycles. The summed E-state index contributed by atoms with van der Waals surface area (Å²) in [5, 5.41) is 13.1. The molecule has 58 valence electrons. The molecule has 0 bridgehead atoms. The third-order valence-corrected chi connectivity index (χ3v) is 1.11. The van der Waals surface area contributed by atoms with Crippen molar-refractivity contribution in [3.8, 4) is 0 Å². The van der Waals surface area contributed by atoms with Gasteiger partial charge in [0.1, 0.15) is 0 Å². The number of nitrogens with zero attached hydrogens (tertiary/aromatic N) is 2. The van der Waals surface area contributed by atoms with Gasteiger partial charge in [-0.2, -0.15) is 0 Å². The molecule has 0 amide bonds. The van der Waals surface area contributed by atoms with Crippen molar-refractivity contribution in [2.75, 3.05) is 0 Å². The fraction of sp³-hybridized carbons (Fsp3) is 0.800. The Hall–Kier alpha value is -1.13. The highest BCUT2D eigenvalue weighted by Gasteiger charge is 2.08. The minimum absolute atomic E-state index is 0.137. The largest absolute Gasteiger partial charge is 0.363 e. The molecule has 0 aromatic rings. The third-order valence-electron chi connectivity index (χ3n) is 1.11. The molecular formula is C5H11N3O2. The molecule has 0 aromatic carbocycles. The van der Waals surface area contributed by atoms with Crippen LogP contribution in [-0.2, 0) is 0 Å². The van der Waals surface area contributed by atoms with Gasteiger partial charge >= 0.3 is 5.84 Å². The molecule has 0 atom stereocenters. The molecule has 0 saturated carbocycles. The smallest absolute Gasteiger partial charge is 0.358 e. The van der Waals surface area contributed by atoms with Crippen molar-refractivity contribution in [1.29, 1.82) is 0 Å². The first-order valence-corrected chi connectivity index (χ1v) is 3.13. The number of amidine groups is 1. The quantitative estimate of drug-likeness (QED) is 0.209. The molecule has 0 saturated heterocycles. The summed E-state index contributed by atoms with van der Waals surface area (Å²) in [7, 11) is 0.